The second-order valence-corrected chi connectivity index (χ2v) is 10.8. The lowest BCUT2D eigenvalue weighted by molar-refractivity contribution is -0.182. The molecule has 3 aliphatic rings. The van der Waals surface area contributed by atoms with Crippen molar-refractivity contribution in [3.63, 3.8) is 0 Å². The first kappa shape index (κ1) is 26.3. The first-order valence-electron chi connectivity index (χ1n) is 12.3. The maximum Gasteiger partial charge on any atom is 0.251 e. The molecule has 3 saturated carbocycles. The van der Waals surface area contributed by atoms with Crippen LogP contribution in [0.2, 0.25) is 0 Å². The van der Waals surface area contributed by atoms with Gasteiger partial charge in [-0.3, -0.25) is 19.2 Å². The summed E-state index contributed by atoms with van der Waals surface area (Å²) >= 11 is 0. The van der Waals surface area contributed by atoms with E-state index in [9.17, 15) is 37.5 Å². The average molecular weight is 512 g/mol. The quantitative estimate of drug-likeness (QED) is 0.334. The summed E-state index contributed by atoms with van der Waals surface area (Å²) in [5, 5.41) is 11.7. The molecule has 1 amide bonds. The minimum atomic E-state index is -3.20. The molecule has 6 nitrogen and oxygen atoms in total. The van der Waals surface area contributed by atoms with Crippen molar-refractivity contribution in [1.82, 2.24) is 5.32 Å². The van der Waals surface area contributed by atoms with E-state index >= 15 is 4.39 Å². The van der Waals surface area contributed by atoms with Crippen LogP contribution in [-0.4, -0.2) is 46.0 Å². The van der Waals surface area contributed by atoms with Gasteiger partial charge in [0.15, 0.2) is 23.1 Å². The SMILES string of the molecule is O=C(CC1CC1)C(=O)C1(CC(=O)[C@H](CC2(F)CCCC2)NC(=O)c2ccc(O)c(F)c2)CC(F)(F)C1. The normalized spacial score (nSPS) is 22.3. The van der Waals surface area contributed by atoms with E-state index in [0.29, 0.717) is 12.8 Å². The molecular weight excluding hydrogens is 482 g/mol. The second-order valence-electron chi connectivity index (χ2n) is 10.8. The van der Waals surface area contributed by atoms with Crippen molar-refractivity contribution in [3.8, 4) is 5.75 Å². The van der Waals surface area contributed by atoms with Gasteiger partial charge in [0, 0.05) is 37.7 Å². The van der Waals surface area contributed by atoms with E-state index in [0.717, 1.165) is 31.0 Å². The Labute approximate surface area is 205 Å². The molecule has 3 aliphatic carbocycles. The van der Waals surface area contributed by atoms with Crippen molar-refractivity contribution in [2.75, 3.05) is 0 Å². The Morgan fingerprint density at radius 3 is 2.25 bits per heavy atom. The fourth-order valence-electron chi connectivity index (χ4n) is 5.45. The van der Waals surface area contributed by atoms with Crippen molar-refractivity contribution < 1.29 is 41.8 Å². The van der Waals surface area contributed by atoms with E-state index in [1.54, 1.807) is 0 Å². The number of phenolic OH excluding ortho intramolecular Hbond substituents is 1. The number of aromatic hydroxyl groups is 1. The topological polar surface area (TPSA) is 101 Å². The Morgan fingerprint density at radius 2 is 1.69 bits per heavy atom. The minimum Gasteiger partial charge on any atom is -0.505 e. The zero-order valence-electron chi connectivity index (χ0n) is 19.8. The standard InChI is InChI=1S/C26H29F4NO5/c27-17-10-16(5-6-19(17)32)23(36)31-18(11-25(28)7-1-2-8-25)21(34)12-24(13-26(29,30)14-24)22(35)20(33)9-15-3-4-15/h5-6,10,15,18,32H,1-4,7-9,11-14H2,(H,31,36)/t18-/m0/s1. The lowest BCUT2D eigenvalue weighted by Gasteiger charge is -2.45. The zero-order chi connectivity index (χ0) is 26.3. The van der Waals surface area contributed by atoms with Gasteiger partial charge in [0.25, 0.3) is 5.91 Å². The number of alkyl halides is 3. The van der Waals surface area contributed by atoms with E-state index in [1.807, 2.05) is 0 Å². The molecule has 36 heavy (non-hydrogen) atoms. The Morgan fingerprint density at radius 1 is 1.06 bits per heavy atom. The van der Waals surface area contributed by atoms with Gasteiger partial charge < -0.3 is 10.4 Å². The van der Waals surface area contributed by atoms with Crippen LogP contribution in [0.1, 0.15) is 81.0 Å². The number of hydrogen-bond donors (Lipinski definition) is 2. The van der Waals surface area contributed by atoms with E-state index in [-0.39, 0.29) is 30.7 Å². The third-order valence-corrected chi connectivity index (χ3v) is 7.59. The van der Waals surface area contributed by atoms with Crippen LogP contribution in [0.3, 0.4) is 0 Å². The first-order chi connectivity index (χ1) is 16.8. The second kappa shape index (κ2) is 9.59. The summed E-state index contributed by atoms with van der Waals surface area (Å²) in [6.45, 7) is 0. The lowest BCUT2D eigenvalue weighted by atomic mass is 9.59. The van der Waals surface area contributed by atoms with Crippen molar-refractivity contribution in [2.24, 2.45) is 11.3 Å². The fourth-order valence-corrected chi connectivity index (χ4v) is 5.45. The van der Waals surface area contributed by atoms with Gasteiger partial charge in [0.05, 0.1) is 11.5 Å². The van der Waals surface area contributed by atoms with Crippen molar-refractivity contribution >= 4 is 23.3 Å². The van der Waals surface area contributed by atoms with Gasteiger partial charge >= 0.3 is 0 Å². The molecule has 1 atom stereocenters. The van der Waals surface area contributed by atoms with E-state index in [2.05, 4.69) is 5.32 Å². The van der Waals surface area contributed by atoms with Crippen LogP contribution in [0.15, 0.2) is 18.2 Å². The van der Waals surface area contributed by atoms with Gasteiger partial charge in [0.1, 0.15) is 5.67 Å². The summed E-state index contributed by atoms with van der Waals surface area (Å²) in [6, 6.07) is 1.35. The molecule has 0 aliphatic heterocycles. The smallest absolute Gasteiger partial charge is 0.251 e. The maximum absolute atomic E-state index is 15.3. The molecule has 0 aromatic heterocycles. The van der Waals surface area contributed by atoms with Crippen molar-refractivity contribution in [3.05, 3.63) is 29.6 Å². The minimum absolute atomic E-state index is 0.0412. The molecule has 0 unspecified atom stereocenters. The molecule has 10 heteroatoms. The fraction of sp³-hybridized carbons (Fsp3) is 0.615. The number of benzene rings is 1. The highest BCUT2D eigenvalue weighted by molar-refractivity contribution is 6.39. The number of carbonyl (C=O) groups is 4. The Bertz CT molecular complexity index is 1070. The molecule has 0 radical (unpaired) electrons. The summed E-state index contributed by atoms with van der Waals surface area (Å²) in [7, 11) is 0. The number of rotatable bonds is 11. The number of nitrogens with one attached hydrogen (secondary N) is 1. The number of hydrogen-bond acceptors (Lipinski definition) is 5. The monoisotopic (exact) mass is 511 g/mol. The van der Waals surface area contributed by atoms with Gasteiger partial charge in [0.2, 0.25) is 11.7 Å². The summed E-state index contributed by atoms with van der Waals surface area (Å²) in [6.07, 6.45) is -0.0463. The van der Waals surface area contributed by atoms with Crippen LogP contribution >= 0.6 is 0 Å². The van der Waals surface area contributed by atoms with Gasteiger partial charge in [-0.15, -0.1) is 0 Å². The highest BCUT2D eigenvalue weighted by Crippen LogP contribution is 2.55. The predicted molar refractivity (Wildman–Crippen MR) is 120 cm³/mol. The summed E-state index contributed by atoms with van der Waals surface area (Å²) in [5.41, 5.74) is -3.88. The Kier molecular flexibility index (Phi) is 7.00. The zero-order valence-corrected chi connectivity index (χ0v) is 19.8. The van der Waals surface area contributed by atoms with E-state index < -0.39 is 83.6 Å². The van der Waals surface area contributed by atoms with Crippen molar-refractivity contribution in [1.29, 1.82) is 0 Å². The first-order valence-corrected chi connectivity index (χ1v) is 12.3. The van der Waals surface area contributed by atoms with Crippen LogP contribution in [0.5, 0.6) is 5.75 Å². The molecule has 2 N–H and O–H groups in total. The number of Topliss-reactive ketones (excluding diaryl/α,β-unsaturated/α-hetero) is 3. The van der Waals surface area contributed by atoms with E-state index in [4.69, 9.17) is 0 Å². The molecule has 0 bridgehead atoms. The van der Waals surface area contributed by atoms with Crippen LogP contribution in [-0.2, 0) is 14.4 Å². The maximum atomic E-state index is 15.3. The molecule has 1 aromatic rings. The van der Waals surface area contributed by atoms with Crippen molar-refractivity contribution in [2.45, 2.75) is 88.3 Å². The van der Waals surface area contributed by atoms with E-state index in [1.165, 1.54) is 0 Å². The Balaban J connectivity index is 1.54. The van der Waals surface area contributed by atoms with Gasteiger partial charge in [-0.05, 0) is 49.8 Å². The van der Waals surface area contributed by atoms with Crippen LogP contribution in [0.25, 0.3) is 0 Å². The summed E-state index contributed by atoms with van der Waals surface area (Å²) in [5.74, 6) is -8.43. The largest absolute Gasteiger partial charge is 0.505 e. The lowest BCUT2D eigenvalue weighted by Crippen LogP contribution is -2.56. The van der Waals surface area contributed by atoms with Crippen LogP contribution in [0, 0.1) is 17.2 Å². The molecule has 196 valence electrons. The molecule has 4 rings (SSSR count). The average Bonchev–Trinajstić information content (AvgIpc) is 3.50. The summed E-state index contributed by atoms with van der Waals surface area (Å²) in [4.78, 5) is 51.5. The van der Waals surface area contributed by atoms with Gasteiger partial charge in [-0.2, -0.15) is 0 Å². The molecule has 3 fully saturated rings. The number of amides is 1. The van der Waals surface area contributed by atoms with Gasteiger partial charge in [-0.1, -0.05) is 12.8 Å². The number of phenols is 1. The molecular formula is C26H29F4NO5. The predicted octanol–water partition coefficient (Wildman–Crippen LogP) is 4.62. The molecule has 0 saturated heterocycles. The third-order valence-electron chi connectivity index (χ3n) is 7.59. The molecule has 1 aromatic carbocycles. The number of ketones is 3. The number of halogens is 4. The molecule has 0 heterocycles. The highest BCUT2D eigenvalue weighted by atomic mass is 19.3. The summed E-state index contributed by atoms with van der Waals surface area (Å²) < 4.78 is 56.9. The number of carbonyl (C=O) groups excluding carboxylic acids is 4. The Hall–Kier alpha value is -2.78. The van der Waals surface area contributed by atoms with Crippen LogP contribution < -0.4 is 5.32 Å². The highest BCUT2D eigenvalue weighted by Gasteiger charge is 2.62. The van der Waals surface area contributed by atoms with Gasteiger partial charge in [-0.25, -0.2) is 17.6 Å². The van der Waals surface area contributed by atoms with Crippen LogP contribution in [0.4, 0.5) is 17.6 Å². The molecule has 0 spiro atoms. The third kappa shape index (κ3) is 5.78.